The van der Waals surface area contributed by atoms with Crippen LogP contribution in [0, 0.1) is 68.0 Å². The van der Waals surface area contributed by atoms with Crippen LogP contribution in [0.3, 0.4) is 0 Å². The van der Waals surface area contributed by atoms with Crippen LogP contribution in [-0.2, 0) is 47.8 Å². The molecule has 10 nitrogen and oxygen atoms in total. The molecule has 0 radical (unpaired) electrons. The molecular formula is C113H190O10. The highest BCUT2D eigenvalue weighted by atomic mass is 16.5. The van der Waals surface area contributed by atoms with Crippen LogP contribution in [0.5, 0.6) is 0 Å². The van der Waals surface area contributed by atoms with Crippen molar-refractivity contribution in [3.8, 4) is 0 Å². The molecule has 10 heteroatoms. The largest absolute Gasteiger partial charge is 0.466 e. The van der Waals surface area contributed by atoms with Crippen LogP contribution >= 0.6 is 0 Å². The zero-order chi connectivity index (χ0) is 95.2. The Kier molecular flexibility index (Phi) is 62.3. The van der Waals surface area contributed by atoms with E-state index in [1.54, 1.807) is 57.6 Å². The van der Waals surface area contributed by atoms with Crippen molar-refractivity contribution >= 4 is 46.6 Å². The minimum absolute atomic E-state index is 0.0684. The van der Waals surface area contributed by atoms with Crippen molar-refractivity contribution in [3.63, 3.8) is 0 Å². The normalized spacial score (nSPS) is 20.1. The van der Waals surface area contributed by atoms with Gasteiger partial charge in [-0.1, -0.05) is 240 Å². The maximum atomic E-state index is 11.9. The minimum atomic E-state index is -0.179. The highest BCUT2D eigenvalue weighted by Crippen LogP contribution is 2.47. The summed E-state index contributed by atoms with van der Waals surface area (Å²) in [6, 6.07) is 0. The van der Waals surface area contributed by atoms with Crippen molar-refractivity contribution in [2.24, 2.45) is 68.0 Å². The van der Waals surface area contributed by atoms with Gasteiger partial charge >= 0.3 is 11.9 Å². The number of carbonyl (C=O) groups is 8. The summed E-state index contributed by atoms with van der Waals surface area (Å²) in [6.07, 6.45) is 61.5. The molecule has 0 fully saturated rings. The maximum absolute atomic E-state index is 11.9. The van der Waals surface area contributed by atoms with Crippen molar-refractivity contribution in [2.45, 2.75) is 435 Å². The van der Waals surface area contributed by atoms with Crippen molar-refractivity contribution in [3.05, 3.63) is 152 Å². The molecule has 0 spiro atoms. The number of esters is 2. The van der Waals surface area contributed by atoms with Gasteiger partial charge in [0.05, 0.1) is 13.2 Å². The molecule has 0 bridgehead atoms. The van der Waals surface area contributed by atoms with Gasteiger partial charge in [0.15, 0.2) is 23.1 Å². The fourth-order valence-corrected chi connectivity index (χ4v) is 18.0. The molecule has 6 rings (SSSR count). The van der Waals surface area contributed by atoms with Gasteiger partial charge in [-0.05, 0) is 371 Å². The van der Waals surface area contributed by atoms with Crippen molar-refractivity contribution in [1.82, 2.24) is 0 Å². The van der Waals surface area contributed by atoms with Gasteiger partial charge in [-0.25, -0.2) is 0 Å². The molecule has 0 heterocycles. The lowest BCUT2D eigenvalue weighted by atomic mass is 9.67. The number of rotatable bonds is 31. The van der Waals surface area contributed by atoms with E-state index in [4.69, 9.17) is 9.47 Å². The Labute approximate surface area is 758 Å². The van der Waals surface area contributed by atoms with Crippen LogP contribution in [0.2, 0.25) is 0 Å². The highest BCUT2D eigenvalue weighted by molar-refractivity contribution is 6.05. The minimum Gasteiger partial charge on any atom is -0.466 e. The zero-order valence-electron chi connectivity index (χ0n) is 86.5. The third kappa shape index (κ3) is 56.4. The first kappa shape index (κ1) is 121. The Hall–Kier alpha value is -6.42. The molecule has 0 amide bonds. The monoisotopic (exact) mass is 1710 g/mol. The lowest BCUT2D eigenvalue weighted by molar-refractivity contribution is -0.142. The molecule has 0 aromatic heterocycles. The average Bonchev–Trinajstić information content (AvgIpc) is 0.811. The fourth-order valence-electron chi connectivity index (χ4n) is 18.0. The summed E-state index contributed by atoms with van der Waals surface area (Å²) in [6.45, 7) is 76.2. The topological polar surface area (TPSA) is 155 Å². The number of hydrogen-bond donors (Lipinski definition) is 0. The zero-order valence-corrected chi connectivity index (χ0v) is 86.5. The molecule has 0 saturated carbocycles. The number of ether oxygens (including phenoxy) is 2. The second-order valence-corrected chi connectivity index (χ2v) is 41.8. The Morgan fingerprint density at radius 2 is 0.846 bits per heavy atom. The van der Waals surface area contributed by atoms with E-state index in [1.807, 2.05) is 32.1 Å². The van der Waals surface area contributed by atoms with Crippen LogP contribution in [0.25, 0.3) is 0 Å². The molecule has 0 saturated heterocycles. The molecule has 6 aliphatic carbocycles. The van der Waals surface area contributed by atoms with E-state index >= 15 is 0 Å². The second-order valence-electron chi connectivity index (χ2n) is 41.8. The average molecular weight is 1710 g/mol. The summed E-state index contributed by atoms with van der Waals surface area (Å²) in [5.74, 6) is 4.30. The molecule has 123 heavy (non-hydrogen) atoms. The number of Topliss-reactive ketones (excluding diaryl/α,β-unsaturated/α-hetero) is 2. The maximum Gasteiger partial charge on any atom is 0.302 e. The molecule has 0 N–H and O–H groups in total. The van der Waals surface area contributed by atoms with Gasteiger partial charge in [-0.3, -0.25) is 28.8 Å². The Bertz CT molecular complexity index is 3580. The second kappa shape index (κ2) is 63.5. The molecule has 0 aromatic carbocycles. The van der Waals surface area contributed by atoms with E-state index in [2.05, 4.69) is 236 Å². The molecule has 6 unspecified atom stereocenters. The van der Waals surface area contributed by atoms with Crippen LogP contribution < -0.4 is 0 Å². The van der Waals surface area contributed by atoms with E-state index < -0.39 is 0 Å². The van der Waals surface area contributed by atoms with Crippen molar-refractivity contribution in [2.75, 3.05) is 13.2 Å². The molecule has 0 aromatic rings. The van der Waals surface area contributed by atoms with E-state index in [1.165, 1.54) is 179 Å². The number of hydrogen-bond acceptors (Lipinski definition) is 10. The SMILES string of the molecule is C/C=C/C(=O)C1=C(C)CCCC1(C)C.C/C=C/C(=O)C1C(C)=CCCC1(C)C.CC(=O)/C=C/C1=C(C)CCCC1(C)C.CC(=O)/C=C/C1C(C)=CCCC1(C)C.CC(=O)CCC1=C(C)CCCC1(C)C.CC(=O)CCC1C(C)=CCCC1(C)C.CC(=O)OCCC(C)CCC=C(C)C.CC(=O)OCCC(C)CCC=C(C)C.CCCC(C)CCC=C(C)C. The van der Waals surface area contributed by atoms with Crippen LogP contribution in [-0.4, -0.2) is 59.9 Å². The van der Waals surface area contributed by atoms with Gasteiger partial charge in [-0.15, -0.1) is 0 Å². The number of allylic oxidation sites excluding steroid dienone is 26. The molecular weight excluding hydrogens is 1520 g/mol. The Balaban J connectivity index is -0.00000132. The summed E-state index contributed by atoms with van der Waals surface area (Å²) in [5, 5.41) is 0. The first-order chi connectivity index (χ1) is 56.9. The summed E-state index contributed by atoms with van der Waals surface area (Å²) in [4.78, 5) is 88.5. The summed E-state index contributed by atoms with van der Waals surface area (Å²) < 4.78 is 9.77. The molecule has 702 valence electrons. The summed E-state index contributed by atoms with van der Waals surface area (Å²) >= 11 is 0. The summed E-state index contributed by atoms with van der Waals surface area (Å²) in [5.41, 5.74) is 18.0. The van der Waals surface area contributed by atoms with Crippen LogP contribution in [0.15, 0.2) is 152 Å². The van der Waals surface area contributed by atoms with E-state index in [0.717, 1.165) is 88.5 Å². The smallest absolute Gasteiger partial charge is 0.302 e. The predicted molar refractivity (Wildman–Crippen MR) is 532 cm³/mol. The quantitative estimate of drug-likeness (QED) is 0.0372. The Morgan fingerprint density at radius 3 is 1.23 bits per heavy atom. The third-order valence-electron chi connectivity index (χ3n) is 25.5. The van der Waals surface area contributed by atoms with Gasteiger partial charge in [0, 0.05) is 44.1 Å². The fraction of sp³-hybridized carbons (Fsp3) is 0.699. The number of ketones is 6. The van der Waals surface area contributed by atoms with Gasteiger partial charge in [0.2, 0.25) is 0 Å². The van der Waals surface area contributed by atoms with Gasteiger partial charge in [0.25, 0.3) is 0 Å². The van der Waals surface area contributed by atoms with Crippen LogP contribution in [0.1, 0.15) is 435 Å². The highest BCUT2D eigenvalue weighted by Gasteiger charge is 2.38. The molecule has 0 aliphatic heterocycles. The number of carbonyl (C=O) groups excluding carboxylic acids is 8. The first-order valence-electron chi connectivity index (χ1n) is 47.9. The first-order valence-corrected chi connectivity index (χ1v) is 47.9. The van der Waals surface area contributed by atoms with Crippen molar-refractivity contribution < 1.29 is 47.8 Å². The Morgan fingerprint density at radius 1 is 0.439 bits per heavy atom. The van der Waals surface area contributed by atoms with Crippen molar-refractivity contribution in [1.29, 1.82) is 0 Å². The van der Waals surface area contributed by atoms with Crippen LogP contribution in [0.4, 0.5) is 0 Å². The lowest BCUT2D eigenvalue weighted by Gasteiger charge is -2.38. The predicted octanol–water partition coefficient (Wildman–Crippen LogP) is 32.8. The standard InChI is InChI=1S/2C13H22O.4C13H20O.2C12H22O2.C11H22/c4*1-10-6-5-9-13(3,4)12(10)8-7-11(2)14;2*1-5-7-11(14)12-10(2)8-6-9-13(12,3)4;2*1-10(2)6-5-7-11(3)8-9-14-12(4)13;1-5-7-11(4)9-6-8-10(2)3/h5-9H2,1-4H3;6,12H,5,7-9H2,1-4H3;7-8H,5-6,9H2,1-4H3;6-8,12H,5,9H2,1-4H3;5,7H,6,8-9H2,1-4H3;5,7-8,12H,6,9H2,1-4H3;2*6,11H,5,7-9H2,1-4H3;8,11H,5-7,9H2,1-4H3/b;;2*8-7+;2*7-5+;;;. The lowest BCUT2D eigenvalue weighted by Crippen LogP contribution is -2.33. The summed E-state index contributed by atoms with van der Waals surface area (Å²) in [7, 11) is 0. The molecule has 6 aliphatic rings. The van der Waals surface area contributed by atoms with Gasteiger partial charge in [0.1, 0.15) is 11.6 Å². The van der Waals surface area contributed by atoms with Gasteiger partial charge in [-0.2, -0.15) is 0 Å². The van der Waals surface area contributed by atoms with E-state index in [0.29, 0.717) is 64.7 Å². The molecule has 6 atom stereocenters. The third-order valence-corrected chi connectivity index (χ3v) is 25.5. The van der Waals surface area contributed by atoms with E-state index in [-0.39, 0.29) is 57.2 Å². The van der Waals surface area contributed by atoms with E-state index in [9.17, 15) is 38.4 Å². The van der Waals surface area contributed by atoms with Gasteiger partial charge < -0.3 is 19.1 Å².